The van der Waals surface area contributed by atoms with Gasteiger partial charge in [0.15, 0.2) is 0 Å². The van der Waals surface area contributed by atoms with Crippen molar-refractivity contribution >= 4 is 5.91 Å². The molecule has 0 saturated carbocycles. The predicted molar refractivity (Wildman–Crippen MR) is 68.7 cm³/mol. The Kier molecular flexibility index (Phi) is 4.49. The molecule has 0 aromatic carbocycles. The van der Waals surface area contributed by atoms with Gasteiger partial charge in [-0.1, -0.05) is 6.07 Å². The molecule has 6 nitrogen and oxygen atoms in total. The fraction of sp³-hybridized carbons (Fsp3) is 0.500. The van der Waals surface area contributed by atoms with Crippen molar-refractivity contribution in [3.05, 3.63) is 34.2 Å². The minimum atomic E-state index is -0.259. The normalized spacial score (nSPS) is 16.4. The second kappa shape index (κ2) is 6.32. The van der Waals surface area contributed by atoms with Gasteiger partial charge in [-0.05, 0) is 6.07 Å². The van der Waals surface area contributed by atoms with Crippen molar-refractivity contribution in [1.82, 2.24) is 20.5 Å². The van der Waals surface area contributed by atoms with Crippen molar-refractivity contribution < 1.29 is 4.79 Å². The Labute approximate surface area is 105 Å². The second-order valence-corrected chi connectivity index (χ2v) is 4.28. The Morgan fingerprint density at radius 3 is 2.83 bits per heavy atom. The van der Waals surface area contributed by atoms with E-state index in [0.29, 0.717) is 12.2 Å². The molecule has 0 bridgehead atoms. The molecule has 0 atom stereocenters. The third-order valence-electron chi connectivity index (χ3n) is 2.94. The van der Waals surface area contributed by atoms with E-state index in [1.54, 1.807) is 12.1 Å². The van der Waals surface area contributed by atoms with Crippen LogP contribution in [0.4, 0.5) is 0 Å². The van der Waals surface area contributed by atoms with Crippen molar-refractivity contribution in [3.63, 3.8) is 0 Å². The molecule has 1 aromatic heterocycles. The van der Waals surface area contributed by atoms with Crippen LogP contribution in [-0.4, -0.2) is 55.1 Å². The van der Waals surface area contributed by atoms with Crippen LogP contribution in [-0.2, 0) is 0 Å². The summed E-state index contributed by atoms with van der Waals surface area (Å²) in [6.07, 6.45) is 0. The molecule has 1 aromatic rings. The first kappa shape index (κ1) is 12.8. The molecule has 1 aliphatic rings. The highest BCUT2D eigenvalue weighted by molar-refractivity contribution is 5.92. The highest BCUT2D eigenvalue weighted by atomic mass is 16.2. The first-order valence-corrected chi connectivity index (χ1v) is 6.16. The van der Waals surface area contributed by atoms with E-state index in [1.807, 2.05) is 0 Å². The predicted octanol–water partition coefficient (Wildman–Crippen LogP) is -0.990. The molecule has 0 aliphatic carbocycles. The number of piperazine rings is 1. The monoisotopic (exact) mass is 250 g/mol. The van der Waals surface area contributed by atoms with Crippen LogP contribution in [0.3, 0.4) is 0 Å². The van der Waals surface area contributed by atoms with Gasteiger partial charge in [-0.25, -0.2) is 0 Å². The number of hydrogen-bond acceptors (Lipinski definition) is 4. The average Bonchev–Trinajstić information content (AvgIpc) is 2.40. The molecule has 2 rings (SSSR count). The maximum atomic E-state index is 11.7. The molecule has 18 heavy (non-hydrogen) atoms. The maximum absolute atomic E-state index is 11.7. The van der Waals surface area contributed by atoms with Gasteiger partial charge >= 0.3 is 0 Å². The smallest absolute Gasteiger partial charge is 0.267 e. The molecular weight excluding hydrogens is 232 g/mol. The first-order valence-electron chi connectivity index (χ1n) is 6.16. The zero-order valence-electron chi connectivity index (χ0n) is 10.2. The topological polar surface area (TPSA) is 77.2 Å². The van der Waals surface area contributed by atoms with E-state index in [-0.39, 0.29) is 11.5 Å². The van der Waals surface area contributed by atoms with E-state index >= 15 is 0 Å². The number of nitrogens with one attached hydrogen (secondary N) is 3. The number of hydrogen-bond donors (Lipinski definition) is 3. The van der Waals surface area contributed by atoms with Gasteiger partial charge in [0, 0.05) is 45.3 Å². The number of rotatable bonds is 4. The van der Waals surface area contributed by atoms with Gasteiger partial charge in [0.25, 0.3) is 5.91 Å². The van der Waals surface area contributed by atoms with Gasteiger partial charge in [-0.3, -0.25) is 14.5 Å². The lowest BCUT2D eigenvalue weighted by atomic mass is 10.3. The number of nitrogens with zero attached hydrogens (tertiary/aromatic N) is 1. The average molecular weight is 250 g/mol. The minimum absolute atomic E-state index is 0.233. The van der Waals surface area contributed by atoms with Crippen molar-refractivity contribution in [3.8, 4) is 0 Å². The molecule has 6 heteroatoms. The fourth-order valence-electron chi connectivity index (χ4n) is 1.94. The van der Waals surface area contributed by atoms with E-state index in [4.69, 9.17) is 0 Å². The Morgan fingerprint density at radius 2 is 2.11 bits per heavy atom. The van der Waals surface area contributed by atoms with Crippen LogP contribution >= 0.6 is 0 Å². The van der Waals surface area contributed by atoms with E-state index in [9.17, 15) is 9.59 Å². The third-order valence-corrected chi connectivity index (χ3v) is 2.94. The van der Waals surface area contributed by atoms with Crippen molar-refractivity contribution in [2.24, 2.45) is 0 Å². The number of amides is 1. The SMILES string of the molecule is O=C(NCCN1CCNCC1)c1cccc(=O)[nH]1. The fourth-order valence-corrected chi connectivity index (χ4v) is 1.94. The molecule has 1 saturated heterocycles. The summed E-state index contributed by atoms with van der Waals surface area (Å²) in [5.41, 5.74) is 0.0487. The van der Waals surface area contributed by atoms with Crippen LogP contribution in [0, 0.1) is 0 Å². The summed E-state index contributed by atoms with van der Waals surface area (Å²) in [6, 6.07) is 4.56. The van der Waals surface area contributed by atoms with Crippen LogP contribution in [0.5, 0.6) is 0 Å². The summed E-state index contributed by atoms with van der Waals surface area (Å²) in [4.78, 5) is 27.6. The lowest BCUT2D eigenvalue weighted by Gasteiger charge is -2.27. The largest absolute Gasteiger partial charge is 0.349 e. The van der Waals surface area contributed by atoms with Crippen molar-refractivity contribution in [2.45, 2.75) is 0 Å². The molecule has 1 amide bonds. The quantitative estimate of drug-likeness (QED) is 0.641. The third kappa shape index (κ3) is 3.68. The highest BCUT2D eigenvalue weighted by Gasteiger charge is 2.10. The number of carbonyl (C=O) groups is 1. The Bertz CT molecular complexity index is 451. The molecule has 3 N–H and O–H groups in total. The molecule has 98 valence electrons. The molecular formula is C12H18N4O2. The molecule has 1 fully saturated rings. The van der Waals surface area contributed by atoms with Crippen LogP contribution < -0.4 is 16.2 Å². The lowest BCUT2D eigenvalue weighted by molar-refractivity contribution is 0.0942. The van der Waals surface area contributed by atoms with Gasteiger partial charge in [-0.15, -0.1) is 0 Å². The summed E-state index contributed by atoms with van der Waals surface area (Å²) in [7, 11) is 0. The summed E-state index contributed by atoms with van der Waals surface area (Å²) < 4.78 is 0. The molecule has 0 radical (unpaired) electrons. The summed E-state index contributed by atoms with van der Waals surface area (Å²) in [5.74, 6) is -0.233. The summed E-state index contributed by atoms with van der Waals surface area (Å²) in [5, 5.41) is 6.08. The number of H-pyrrole nitrogens is 1. The Hall–Kier alpha value is -1.66. The van der Waals surface area contributed by atoms with E-state index in [0.717, 1.165) is 32.7 Å². The Morgan fingerprint density at radius 1 is 1.33 bits per heavy atom. The number of carbonyl (C=O) groups excluding carboxylic acids is 1. The van der Waals surface area contributed by atoms with E-state index < -0.39 is 0 Å². The molecule has 0 unspecified atom stereocenters. The van der Waals surface area contributed by atoms with Gasteiger partial charge in [-0.2, -0.15) is 0 Å². The maximum Gasteiger partial charge on any atom is 0.267 e. The van der Waals surface area contributed by atoms with E-state index in [1.165, 1.54) is 6.07 Å². The van der Waals surface area contributed by atoms with Crippen LogP contribution in [0.2, 0.25) is 0 Å². The highest BCUT2D eigenvalue weighted by Crippen LogP contribution is 1.92. The van der Waals surface area contributed by atoms with E-state index in [2.05, 4.69) is 20.5 Å². The molecule has 0 spiro atoms. The first-order chi connectivity index (χ1) is 8.75. The van der Waals surface area contributed by atoms with Crippen molar-refractivity contribution in [1.29, 1.82) is 0 Å². The van der Waals surface area contributed by atoms with Crippen molar-refractivity contribution in [2.75, 3.05) is 39.3 Å². The van der Waals surface area contributed by atoms with Gasteiger partial charge < -0.3 is 15.6 Å². The summed E-state index contributed by atoms with van der Waals surface area (Å²) >= 11 is 0. The van der Waals surface area contributed by atoms with Crippen LogP contribution in [0.1, 0.15) is 10.5 Å². The zero-order valence-corrected chi connectivity index (χ0v) is 10.2. The van der Waals surface area contributed by atoms with Crippen LogP contribution in [0.15, 0.2) is 23.0 Å². The Balaban J connectivity index is 1.76. The molecule has 1 aliphatic heterocycles. The second-order valence-electron chi connectivity index (χ2n) is 4.28. The van der Waals surface area contributed by atoms with Gasteiger partial charge in [0.05, 0.1) is 0 Å². The zero-order chi connectivity index (χ0) is 12.8. The van der Waals surface area contributed by atoms with Gasteiger partial charge in [0.1, 0.15) is 5.69 Å². The number of pyridine rings is 1. The van der Waals surface area contributed by atoms with Gasteiger partial charge in [0.2, 0.25) is 5.56 Å². The minimum Gasteiger partial charge on any atom is -0.349 e. The molecule has 2 heterocycles. The number of aromatic amines is 1. The summed E-state index contributed by atoms with van der Waals surface area (Å²) in [6.45, 7) is 5.45. The standard InChI is InChI=1S/C12H18N4O2/c17-11-3-1-2-10(15-11)12(18)14-6-9-16-7-4-13-5-8-16/h1-3,13H,4-9H2,(H,14,18)(H,15,17). The lowest BCUT2D eigenvalue weighted by Crippen LogP contribution is -2.46. The number of aromatic nitrogens is 1. The van der Waals surface area contributed by atoms with Crippen LogP contribution in [0.25, 0.3) is 0 Å².